The van der Waals surface area contributed by atoms with E-state index in [1.807, 2.05) is 0 Å². The van der Waals surface area contributed by atoms with Gasteiger partial charge in [-0.1, -0.05) is 6.07 Å². The Bertz CT molecular complexity index is 948. The van der Waals surface area contributed by atoms with Gasteiger partial charge >= 0.3 is 0 Å². The molecule has 30 heavy (non-hydrogen) atoms. The summed E-state index contributed by atoms with van der Waals surface area (Å²) < 4.78 is 16.2. The summed E-state index contributed by atoms with van der Waals surface area (Å²) in [4.78, 5) is 40.3. The molecule has 1 aromatic carbocycles. The van der Waals surface area contributed by atoms with Crippen molar-refractivity contribution >= 4 is 17.8 Å². The number of carboxylic acid groups (broad SMARTS) is 1. The van der Waals surface area contributed by atoms with Crippen molar-refractivity contribution in [1.82, 2.24) is 9.80 Å². The van der Waals surface area contributed by atoms with Gasteiger partial charge in [-0.3, -0.25) is 14.5 Å². The van der Waals surface area contributed by atoms with E-state index in [-0.39, 0.29) is 31.1 Å². The highest BCUT2D eigenvalue weighted by Crippen LogP contribution is 2.38. The number of nitrogens with zero attached hydrogens (tertiary/aromatic N) is 2. The van der Waals surface area contributed by atoms with Gasteiger partial charge in [0.25, 0.3) is 11.8 Å². The number of hydrogen-bond donors (Lipinski definition) is 0. The third-order valence-electron chi connectivity index (χ3n) is 5.63. The molecule has 3 heterocycles. The van der Waals surface area contributed by atoms with Gasteiger partial charge in [0.05, 0.1) is 32.0 Å². The molecule has 2 aliphatic rings. The van der Waals surface area contributed by atoms with E-state index >= 15 is 0 Å². The Kier molecular flexibility index (Phi) is 5.21. The third-order valence-corrected chi connectivity index (χ3v) is 5.63. The molecule has 2 aliphatic heterocycles. The molecule has 0 N–H and O–H groups in total. The molecule has 0 radical (unpaired) electrons. The molecule has 0 saturated carbocycles. The van der Waals surface area contributed by atoms with Crippen LogP contribution in [0, 0.1) is 0 Å². The highest BCUT2D eigenvalue weighted by atomic mass is 16.5. The number of aliphatic carboxylic acids is 1. The van der Waals surface area contributed by atoms with Crippen LogP contribution < -0.4 is 9.84 Å². The van der Waals surface area contributed by atoms with Gasteiger partial charge in [-0.2, -0.15) is 0 Å². The molecule has 1 atom stereocenters. The fraction of sp³-hybridized carbons (Fsp3) is 0.381. The zero-order valence-corrected chi connectivity index (χ0v) is 16.4. The Morgan fingerprint density at radius 3 is 2.53 bits per heavy atom. The van der Waals surface area contributed by atoms with E-state index in [4.69, 9.17) is 13.9 Å². The van der Waals surface area contributed by atoms with Crippen LogP contribution in [-0.4, -0.2) is 66.2 Å². The van der Waals surface area contributed by atoms with E-state index < -0.39 is 23.6 Å². The van der Waals surface area contributed by atoms with Crippen LogP contribution in [0.5, 0.6) is 5.75 Å². The fourth-order valence-electron chi connectivity index (χ4n) is 4.06. The van der Waals surface area contributed by atoms with E-state index in [1.54, 1.807) is 35.2 Å². The average molecular weight is 413 g/mol. The Morgan fingerprint density at radius 1 is 1.13 bits per heavy atom. The number of hydrogen-bond acceptors (Lipinski definition) is 7. The Balaban J connectivity index is 1.53. The summed E-state index contributed by atoms with van der Waals surface area (Å²) in [5.74, 6) is -1.51. The predicted octanol–water partition coefficient (Wildman–Crippen LogP) is 0.512. The molecule has 0 unspecified atom stereocenters. The second-order valence-electron chi connectivity index (χ2n) is 7.27. The predicted molar refractivity (Wildman–Crippen MR) is 100 cm³/mol. The van der Waals surface area contributed by atoms with Crippen LogP contribution in [0.2, 0.25) is 0 Å². The molecule has 2 amide bonds. The highest BCUT2D eigenvalue weighted by Gasteiger charge is 2.53. The van der Waals surface area contributed by atoms with Crippen LogP contribution in [-0.2, 0) is 9.53 Å². The van der Waals surface area contributed by atoms with Crippen molar-refractivity contribution in [3.05, 3.63) is 54.0 Å². The van der Waals surface area contributed by atoms with Crippen molar-refractivity contribution in [2.75, 3.05) is 26.8 Å². The quantitative estimate of drug-likeness (QED) is 0.718. The number of rotatable bonds is 4. The van der Waals surface area contributed by atoms with Crippen molar-refractivity contribution < 1.29 is 33.4 Å². The van der Waals surface area contributed by atoms with E-state index in [1.165, 1.54) is 24.3 Å². The Labute approximate surface area is 172 Å². The number of likely N-dealkylation sites (tertiary alicyclic amines) is 1. The van der Waals surface area contributed by atoms with Crippen LogP contribution in [0.1, 0.15) is 33.8 Å². The fourth-order valence-corrected chi connectivity index (χ4v) is 4.06. The Hall–Kier alpha value is -3.33. The summed E-state index contributed by atoms with van der Waals surface area (Å²) in [5.41, 5.74) is -0.631. The second kappa shape index (κ2) is 7.83. The molecule has 9 nitrogen and oxygen atoms in total. The molecule has 1 aromatic heterocycles. The summed E-state index contributed by atoms with van der Waals surface area (Å²) in [5, 5.41) is 11.6. The van der Waals surface area contributed by atoms with E-state index in [0.29, 0.717) is 24.4 Å². The highest BCUT2D eigenvalue weighted by molar-refractivity contribution is 5.96. The van der Waals surface area contributed by atoms with Crippen LogP contribution in [0.4, 0.5) is 0 Å². The molecule has 158 valence electrons. The number of furan rings is 1. The number of benzene rings is 1. The zero-order valence-electron chi connectivity index (χ0n) is 16.4. The summed E-state index contributed by atoms with van der Waals surface area (Å²) >= 11 is 0. The lowest BCUT2D eigenvalue weighted by molar-refractivity contribution is -0.310. The number of carbonyl (C=O) groups excluding carboxylic acids is 3. The molecule has 9 heteroatoms. The molecular weight excluding hydrogens is 392 g/mol. The van der Waals surface area contributed by atoms with Crippen LogP contribution in [0.25, 0.3) is 0 Å². The summed E-state index contributed by atoms with van der Waals surface area (Å²) in [6, 6.07) is 8.68. The number of methoxy groups -OCH3 is 1. The number of piperidine rings is 1. The SMILES string of the molecule is COc1cccc(C(=O)N2CCC3(CC2)OC[C@H](C(=O)[O-])N3C(=O)c2ccco2)c1. The van der Waals surface area contributed by atoms with Gasteiger partial charge in [-0.05, 0) is 30.3 Å². The van der Waals surface area contributed by atoms with Gasteiger partial charge in [0.15, 0.2) is 5.76 Å². The second-order valence-corrected chi connectivity index (χ2v) is 7.27. The molecule has 1 spiro atoms. The van der Waals surface area contributed by atoms with Crippen molar-refractivity contribution in [3.63, 3.8) is 0 Å². The monoisotopic (exact) mass is 413 g/mol. The lowest BCUT2D eigenvalue weighted by atomic mass is 9.96. The first kappa shape index (κ1) is 20.0. The molecule has 2 saturated heterocycles. The van der Waals surface area contributed by atoms with Gasteiger partial charge in [0.2, 0.25) is 0 Å². The minimum atomic E-state index is -1.39. The first-order valence-corrected chi connectivity index (χ1v) is 9.60. The number of ether oxygens (including phenoxy) is 2. The topological polar surface area (TPSA) is 112 Å². The maximum atomic E-state index is 13.0. The van der Waals surface area contributed by atoms with Crippen molar-refractivity contribution in [3.8, 4) is 5.75 Å². The summed E-state index contributed by atoms with van der Waals surface area (Å²) in [6.07, 6.45) is 1.90. The van der Waals surface area contributed by atoms with E-state index in [2.05, 4.69) is 0 Å². The first-order chi connectivity index (χ1) is 14.4. The van der Waals surface area contributed by atoms with Crippen molar-refractivity contribution in [2.24, 2.45) is 0 Å². The minimum Gasteiger partial charge on any atom is -0.548 e. The van der Waals surface area contributed by atoms with Gasteiger partial charge in [0, 0.05) is 31.5 Å². The molecule has 2 aromatic rings. The lowest BCUT2D eigenvalue weighted by Gasteiger charge is -2.44. The normalized spacial score (nSPS) is 20.4. The largest absolute Gasteiger partial charge is 0.548 e. The molecular formula is C21H21N2O7-. The van der Waals surface area contributed by atoms with Crippen LogP contribution in [0.3, 0.4) is 0 Å². The van der Waals surface area contributed by atoms with Gasteiger partial charge in [-0.25, -0.2) is 0 Å². The lowest BCUT2D eigenvalue weighted by Crippen LogP contribution is -2.60. The van der Waals surface area contributed by atoms with E-state index in [9.17, 15) is 19.5 Å². The van der Waals surface area contributed by atoms with Gasteiger partial charge < -0.3 is 28.7 Å². The molecule has 4 rings (SSSR count). The molecule has 0 bridgehead atoms. The molecule has 2 fully saturated rings. The van der Waals surface area contributed by atoms with Crippen molar-refractivity contribution in [1.29, 1.82) is 0 Å². The zero-order chi connectivity index (χ0) is 21.3. The maximum Gasteiger partial charge on any atom is 0.292 e. The van der Waals surface area contributed by atoms with Gasteiger partial charge in [-0.15, -0.1) is 0 Å². The standard InChI is InChI=1S/C21H22N2O7/c1-28-15-5-2-4-14(12-15)18(24)22-9-7-21(8-10-22)23(16(13-30-21)20(26)27)19(25)17-6-3-11-29-17/h2-6,11-12,16H,7-10,13H2,1H3,(H,26,27)/p-1/t16-/m1/s1. The smallest absolute Gasteiger partial charge is 0.292 e. The van der Waals surface area contributed by atoms with Gasteiger partial charge in [0.1, 0.15) is 11.5 Å². The summed E-state index contributed by atoms with van der Waals surface area (Å²) in [7, 11) is 1.53. The van der Waals surface area contributed by atoms with Crippen LogP contribution in [0.15, 0.2) is 47.1 Å². The third kappa shape index (κ3) is 3.41. The number of carbonyl (C=O) groups is 3. The van der Waals surface area contributed by atoms with Crippen molar-refractivity contribution in [2.45, 2.75) is 24.6 Å². The number of carboxylic acids is 1. The minimum absolute atomic E-state index is 0.0287. The van der Waals surface area contributed by atoms with Crippen LogP contribution >= 0.6 is 0 Å². The Morgan fingerprint density at radius 2 is 1.90 bits per heavy atom. The first-order valence-electron chi connectivity index (χ1n) is 9.60. The van der Waals surface area contributed by atoms with E-state index in [0.717, 1.165) is 0 Å². The summed E-state index contributed by atoms with van der Waals surface area (Å²) in [6.45, 7) is 0.439. The average Bonchev–Trinajstić information content (AvgIpc) is 3.42. The maximum absolute atomic E-state index is 13.0. The number of amides is 2. The molecule has 0 aliphatic carbocycles.